The molecule has 1 heterocycles. The summed E-state index contributed by atoms with van der Waals surface area (Å²) in [5, 5.41) is 0.962. The van der Waals surface area contributed by atoms with E-state index < -0.39 is 0 Å². The Kier molecular flexibility index (Phi) is 6.15. The zero-order valence-corrected chi connectivity index (χ0v) is 16.1. The molecule has 0 radical (unpaired) electrons. The zero-order chi connectivity index (χ0) is 17.0. The Morgan fingerprint density at radius 2 is 1.91 bits per heavy atom. The van der Waals surface area contributed by atoms with Gasteiger partial charge in [0.1, 0.15) is 5.01 Å². The highest BCUT2D eigenvalue weighted by molar-refractivity contribution is 9.11. The highest BCUT2D eigenvalue weighted by Crippen LogP contribution is 2.33. The van der Waals surface area contributed by atoms with Gasteiger partial charge in [0.05, 0.1) is 23.1 Å². The van der Waals surface area contributed by atoms with Gasteiger partial charge >= 0.3 is 5.97 Å². The number of ether oxygens (including phenoxy) is 1. The lowest BCUT2D eigenvalue weighted by molar-refractivity contribution is -0.141. The van der Waals surface area contributed by atoms with Gasteiger partial charge in [-0.05, 0) is 47.2 Å². The molecule has 0 aliphatic rings. The second-order valence-corrected chi connectivity index (χ2v) is 7.75. The van der Waals surface area contributed by atoms with Gasteiger partial charge in [-0.2, -0.15) is 0 Å². The molecule has 0 aliphatic heterocycles. The molecule has 0 bridgehead atoms. The third-order valence-electron chi connectivity index (χ3n) is 3.33. The molecule has 0 fully saturated rings. The predicted molar refractivity (Wildman–Crippen MR) is 97.9 cm³/mol. The first-order valence-corrected chi connectivity index (χ1v) is 8.70. The average Bonchev–Trinajstić information content (AvgIpc) is 2.88. The number of hydrogen-bond donors (Lipinski definition) is 0. The lowest BCUT2D eigenvalue weighted by Gasteiger charge is -2.13. The average molecular weight is 398 g/mol. The van der Waals surface area contributed by atoms with Crippen molar-refractivity contribution in [3.8, 4) is 10.6 Å². The molecule has 124 valence electrons. The smallest absolute Gasteiger partial charge is 0.319 e. The van der Waals surface area contributed by atoms with E-state index >= 15 is 0 Å². The minimum atomic E-state index is -0.252. The van der Waals surface area contributed by atoms with E-state index in [1.165, 1.54) is 7.11 Å². The molecular formula is C16H20BrN3O2S. The van der Waals surface area contributed by atoms with Crippen molar-refractivity contribution in [3.63, 3.8) is 0 Å². The number of nitrogens with zero attached hydrogens (tertiary/aromatic N) is 3. The standard InChI is InChI=1S/C16H20BrN3O2S/c1-19(2)12-7-5-11(6-8-12)16-18-13(15(17)23-16)9-20(3)10-14(21)22-4/h5-8H,9-10H2,1-4H3. The second-order valence-electron chi connectivity index (χ2n) is 5.43. The summed E-state index contributed by atoms with van der Waals surface area (Å²) in [7, 11) is 7.30. The van der Waals surface area contributed by atoms with E-state index in [4.69, 9.17) is 4.98 Å². The first-order valence-electron chi connectivity index (χ1n) is 7.09. The number of halogens is 1. The lowest BCUT2D eigenvalue weighted by atomic mass is 10.2. The van der Waals surface area contributed by atoms with Crippen LogP contribution in [-0.4, -0.2) is 50.7 Å². The van der Waals surface area contributed by atoms with Gasteiger partial charge in [0.25, 0.3) is 0 Å². The number of methoxy groups -OCH3 is 1. The summed E-state index contributed by atoms with van der Waals surface area (Å²) < 4.78 is 5.67. The first kappa shape index (κ1) is 17.9. The largest absolute Gasteiger partial charge is 0.468 e. The van der Waals surface area contributed by atoms with Crippen molar-refractivity contribution in [2.75, 3.05) is 39.7 Å². The minimum Gasteiger partial charge on any atom is -0.468 e. The molecule has 0 saturated carbocycles. The number of likely N-dealkylation sites (N-methyl/N-ethyl adjacent to an activating group) is 1. The predicted octanol–water partition coefficient (Wildman–Crippen LogP) is 3.24. The van der Waals surface area contributed by atoms with Crippen LogP contribution in [0.1, 0.15) is 5.69 Å². The lowest BCUT2D eigenvalue weighted by Crippen LogP contribution is -2.26. The normalized spacial score (nSPS) is 10.9. The van der Waals surface area contributed by atoms with Crippen molar-refractivity contribution in [2.24, 2.45) is 0 Å². The van der Waals surface area contributed by atoms with Gasteiger partial charge in [0.15, 0.2) is 0 Å². The second kappa shape index (κ2) is 7.90. The van der Waals surface area contributed by atoms with Gasteiger partial charge in [-0.15, -0.1) is 11.3 Å². The molecule has 0 spiro atoms. The fourth-order valence-electron chi connectivity index (χ4n) is 2.05. The monoisotopic (exact) mass is 397 g/mol. The summed E-state index contributed by atoms with van der Waals surface area (Å²) in [6.07, 6.45) is 0. The Bertz CT molecular complexity index is 670. The summed E-state index contributed by atoms with van der Waals surface area (Å²) in [5.41, 5.74) is 3.17. The van der Waals surface area contributed by atoms with Gasteiger partial charge in [-0.1, -0.05) is 0 Å². The fourth-order valence-corrected chi connectivity index (χ4v) is 3.53. The molecule has 1 aromatic heterocycles. The maximum absolute atomic E-state index is 11.3. The van der Waals surface area contributed by atoms with Gasteiger partial charge in [-0.3, -0.25) is 9.69 Å². The maximum Gasteiger partial charge on any atom is 0.319 e. The number of aromatic nitrogens is 1. The topological polar surface area (TPSA) is 45.7 Å². The molecule has 1 aromatic carbocycles. The van der Waals surface area contributed by atoms with Crippen molar-refractivity contribution in [1.29, 1.82) is 0 Å². The SMILES string of the molecule is COC(=O)CN(C)Cc1nc(-c2ccc(N(C)C)cc2)sc1Br. The Labute approximate surface area is 149 Å². The van der Waals surface area contributed by atoms with Gasteiger partial charge < -0.3 is 9.64 Å². The van der Waals surface area contributed by atoms with Crippen LogP contribution < -0.4 is 4.90 Å². The van der Waals surface area contributed by atoms with Crippen LogP contribution >= 0.6 is 27.3 Å². The van der Waals surface area contributed by atoms with Crippen LogP contribution in [0.15, 0.2) is 28.1 Å². The molecule has 7 heteroatoms. The summed E-state index contributed by atoms with van der Waals surface area (Å²) in [5.74, 6) is -0.252. The van der Waals surface area contributed by atoms with E-state index in [1.807, 2.05) is 26.0 Å². The van der Waals surface area contributed by atoms with Crippen LogP contribution in [0.25, 0.3) is 10.6 Å². The highest BCUT2D eigenvalue weighted by atomic mass is 79.9. The molecule has 0 amide bonds. The van der Waals surface area contributed by atoms with E-state index in [2.05, 4.69) is 49.8 Å². The molecule has 0 atom stereocenters. The number of hydrogen-bond acceptors (Lipinski definition) is 6. The van der Waals surface area contributed by atoms with Crippen LogP contribution in [0.2, 0.25) is 0 Å². The van der Waals surface area contributed by atoms with E-state index in [1.54, 1.807) is 11.3 Å². The Balaban J connectivity index is 2.12. The Morgan fingerprint density at radius 3 is 2.48 bits per heavy atom. The van der Waals surface area contributed by atoms with Crippen molar-refractivity contribution in [1.82, 2.24) is 9.88 Å². The first-order chi connectivity index (χ1) is 10.9. The minimum absolute atomic E-state index is 0.243. The van der Waals surface area contributed by atoms with Crippen molar-refractivity contribution >= 4 is 38.9 Å². The van der Waals surface area contributed by atoms with Crippen LogP contribution in [0.3, 0.4) is 0 Å². The van der Waals surface area contributed by atoms with E-state index in [9.17, 15) is 4.79 Å². The van der Waals surface area contributed by atoms with Gasteiger partial charge in [0, 0.05) is 31.9 Å². The van der Waals surface area contributed by atoms with Crippen LogP contribution in [0, 0.1) is 0 Å². The van der Waals surface area contributed by atoms with Gasteiger partial charge in [-0.25, -0.2) is 4.98 Å². The number of carbonyl (C=O) groups excluding carboxylic acids is 1. The van der Waals surface area contributed by atoms with Crippen LogP contribution in [0.4, 0.5) is 5.69 Å². The highest BCUT2D eigenvalue weighted by Gasteiger charge is 2.14. The third kappa shape index (κ3) is 4.76. The number of benzene rings is 1. The van der Waals surface area contributed by atoms with E-state index in [0.29, 0.717) is 6.54 Å². The molecule has 2 rings (SSSR count). The molecule has 0 aliphatic carbocycles. The zero-order valence-electron chi connectivity index (χ0n) is 13.7. The number of carbonyl (C=O) groups is 1. The molecule has 2 aromatic rings. The molecule has 23 heavy (non-hydrogen) atoms. The maximum atomic E-state index is 11.3. The number of rotatable bonds is 6. The van der Waals surface area contributed by atoms with Crippen molar-refractivity contribution in [3.05, 3.63) is 33.7 Å². The van der Waals surface area contributed by atoms with E-state index in [0.717, 1.165) is 25.7 Å². The third-order valence-corrected chi connectivity index (χ3v) is 5.21. The fraction of sp³-hybridized carbons (Fsp3) is 0.375. The number of thiazole rings is 1. The molecular weight excluding hydrogens is 378 g/mol. The van der Waals surface area contributed by atoms with Crippen LogP contribution in [0.5, 0.6) is 0 Å². The van der Waals surface area contributed by atoms with Crippen molar-refractivity contribution in [2.45, 2.75) is 6.54 Å². The number of anilines is 1. The molecule has 0 unspecified atom stereocenters. The summed E-state index contributed by atoms with van der Waals surface area (Å²) >= 11 is 5.17. The van der Waals surface area contributed by atoms with Crippen LogP contribution in [-0.2, 0) is 16.1 Å². The quantitative estimate of drug-likeness (QED) is 0.700. The van der Waals surface area contributed by atoms with Crippen molar-refractivity contribution < 1.29 is 9.53 Å². The van der Waals surface area contributed by atoms with Gasteiger partial charge in [0.2, 0.25) is 0 Å². The summed E-state index contributed by atoms with van der Waals surface area (Å²) in [4.78, 5) is 19.9. The molecule has 5 nitrogen and oxygen atoms in total. The van der Waals surface area contributed by atoms with E-state index in [-0.39, 0.29) is 12.5 Å². The summed E-state index contributed by atoms with van der Waals surface area (Å²) in [6, 6.07) is 8.30. The Hall–Kier alpha value is -1.44. The molecule has 0 saturated heterocycles. The number of esters is 1. The Morgan fingerprint density at radius 1 is 1.26 bits per heavy atom. The molecule has 0 N–H and O–H groups in total. The summed E-state index contributed by atoms with van der Waals surface area (Å²) in [6.45, 7) is 0.829.